The molecule has 0 bridgehead atoms. The largest absolute Gasteiger partial charge is 0.405 e. The summed E-state index contributed by atoms with van der Waals surface area (Å²) in [6.07, 6.45) is 3.49. The number of halogens is 2. The van der Waals surface area contributed by atoms with Crippen LogP contribution in [0.2, 0.25) is 0 Å². The van der Waals surface area contributed by atoms with E-state index in [1.807, 2.05) is 24.3 Å². The van der Waals surface area contributed by atoms with Crippen LogP contribution < -0.4 is 5.73 Å². The first-order valence-corrected chi connectivity index (χ1v) is 4.28. The average molecular weight is 242 g/mol. The van der Waals surface area contributed by atoms with Crippen molar-refractivity contribution >= 4 is 41.7 Å². The Hall–Kier alpha value is -1.18. The Morgan fingerprint density at radius 2 is 1.53 bits per heavy atom. The minimum atomic E-state index is 0. The highest BCUT2D eigenvalue weighted by Crippen LogP contribution is 2.18. The standard InChI is InChI=1S/C12H11N.2ClH/c13-9-8-11-6-3-5-10-4-1-2-7-12(10)11;;/h1-9H,13H2;2*1H. The van der Waals surface area contributed by atoms with Crippen molar-refractivity contribution in [2.24, 2.45) is 5.73 Å². The quantitative estimate of drug-likeness (QED) is 0.812. The van der Waals surface area contributed by atoms with Crippen LogP contribution in [0.25, 0.3) is 16.8 Å². The Bertz CT molecular complexity index is 447. The third-order valence-electron chi connectivity index (χ3n) is 2.10. The molecular formula is C12H13Cl2N. The fourth-order valence-corrected chi connectivity index (χ4v) is 1.50. The third-order valence-corrected chi connectivity index (χ3v) is 2.10. The molecule has 0 aliphatic carbocycles. The lowest BCUT2D eigenvalue weighted by molar-refractivity contribution is 1.62. The first-order chi connectivity index (χ1) is 6.42. The summed E-state index contributed by atoms with van der Waals surface area (Å²) in [6.45, 7) is 0. The van der Waals surface area contributed by atoms with Crippen LogP contribution in [-0.2, 0) is 0 Å². The Kier molecular flexibility index (Phi) is 5.83. The summed E-state index contributed by atoms with van der Waals surface area (Å²) in [5.74, 6) is 0. The monoisotopic (exact) mass is 241 g/mol. The van der Waals surface area contributed by atoms with Gasteiger partial charge in [0.05, 0.1) is 0 Å². The van der Waals surface area contributed by atoms with E-state index < -0.39 is 0 Å². The van der Waals surface area contributed by atoms with Gasteiger partial charge in [0.2, 0.25) is 0 Å². The summed E-state index contributed by atoms with van der Waals surface area (Å²) in [7, 11) is 0. The van der Waals surface area contributed by atoms with Gasteiger partial charge in [-0.25, -0.2) is 0 Å². The lowest BCUT2D eigenvalue weighted by Crippen LogP contribution is -1.80. The zero-order chi connectivity index (χ0) is 9.10. The van der Waals surface area contributed by atoms with E-state index in [0.717, 1.165) is 0 Å². The second-order valence-electron chi connectivity index (χ2n) is 2.93. The molecule has 80 valence electrons. The van der Waals surface area contributed by atoms with Gasteiger partial charge in [-0.2, -0.15) is 0 Å². The lowest BCUT2D eigenvalue weighted by atomic mass is 10.0. The molecule has 3 heteroatoms. The molecule has 0 aromatic heterocycles. The highest BCUT2D eigenvalue weighted by Gasteiger charge is 1.94. The third kappa shape index (κ3) is 2.88. The van der Waals surface area contributed by atoms with Crippen LogP contribution in [0.3, 0.4) is 0 Å². The zero-order valence-corrected chi connectivity index (χ0v) is 9.72. The van der Waals surface area contributed by atoms with Crippen molar-refractivity contribution < 1.29 is 0 Å². The molecule has 0 aliphatic rings. The van der Waals surface area contributed by atoms with E-state index in [1.165, 1.54) is 16.3 Å². The van der Waals surface area contributed by atoms with Gasteiger partial charge in [0.25, 0.3) is 0 Å². The fourth-order valence-electron chi connectivity index (χ4n) is 1.50. The molecule has 0 fully saturated rings. The Balaban J connectivity index is 0.000000980. The van der Waals surface area contributed by atoms with Crippen molar-refractivity contribution in [3.63, 3.8) is 0 Å². The Labute approximate surface area is 102 Å². The molecule has 1 nitrogen and oxygen atoms in total. The SMILES string of the molecule is Cl.Cl.NC=Cc1cccc2ccccc12. The van der Waals surface area contributed by atoms with E-state index in [0.29, 0.717) is 0 Å². The second-order valence-corrected chi connectivity index (χ2v) is 2.93. The van der Waals surface area contributed by atoms with Gasteiger partial charge in [0.1, 0.15) is 0 Å². The number of hydrogen-bond acceptors (Lipinski definition) is 1. The fraction of sp³-hybridized carbons (Fsp3) is 0. The molecule has 0 radical (unpaired) electrons. The minimum absolute atomic E-state index is 0. The summed E-state index contributed by atoms with van der Waals surface area (Å²) in [5.41, 5.74) is 6.54. The van der Waals surface area contributed by atoms with Gasteiger partial charge in [-0.05, 0) is 28.6 Å². The minimum Gasteiger partial charge on any atom is -0.405 e. The van der Waals surface area contributed by atoms with Crippen LogP contribution in [0, 0.1) is 0 Å². The van der Waals surface area contributed by atoms with Gasteiger partial charge in [0.15, 0.2) is 0 Å². The van der Waals surface area contributed by atoms with Gasteiger partial charge in [-0.15, -0.1) is 24.8 Å². The number of fused-ring (bicyclic) bond motifs is 1. The normalized spacial score (nSPS) is 9.60. The highest BCUT2D eigenvalue weighted by molar-refractivity contribution is 5.90. The van der Waals surface area contributed by atoms with E-state index in [-0.39, 0.29) is 24.8 Å². The summed E-state index contributed by atoms with van der Waals surface area (Å²) < 4.78 is 0. The van der Waals surface area contributed by atoms with E-state index in [2.05, 4.69) is 24.3 Å². The number of nitrogens with two attached hydrogens (primary N) is 1. The van der Waals surface area contributed by atoms with Crippen LogP contribution in [0.5, 0.6) is 0 Å². The topological polar surface area (TPSA) is 26.0 Å². The summed E-state index contributed by atoms with van der Waals surface area (Å²) in [5, 5.41) is 2.49. The molecular weight excluding hydrogens is 229 g/mol. The van der Waals surface area contributed by atoms with Crippen LogP contribution in [0.15, 0.2) is 48.7 Å². The number of rotatable bonds is 1. The molecule has 0 spiro atoms. The summed E-state index contributed by atoms with van der Waals surface area (Å²) in [4.78, 5) is 0. The molecule has 0 saturated carbocycles. The van der Waals surface area contributed by atoms with Gasteiger partial charge < -0.3 is 5.73 Å². The van der Waals surface area contributed by atoms with Gasteiger partial charge in [0, 0.05) is 0 Å². The van der Waals surface area contributed by atoms with Gasteiger partial charge in [-0.3, -0.25) is 0 Å². The molecule has 0 amide bonds. The summed E-state index contributed by atoms with van der Waals surface area (Å²) >= 11 is 0. The molecule has 2 aromatic rings. The van der Waals surface area contributed by atoms with Crippen molar-refractivity contribution in [3.8, 4) is 0 Å². The van der Waals surface area contributed by atoms with Crippen molar-refractivity contribution in [2.45, 2.75) is 0 Å². The first-order valence-electron chi connectivity index (χ1n) is 4.28. The number of hydrogen-bond donors (Lipinski definition) is 1. The molecule has 15 heavy (non-hydrogen) atoms. The van der Waals surface area contributed by atoms with Crippen molar-refractivity contribution in [1.29, 1.82) is 0 Å². The van der Waals surface area contributed by atoms with Crippen LogP contribution >= 0.6 is 24.8 Å². The molecule has 0 aliphatic heterocycles. The maximum absolute atomic E-state index is 5.37. The molecule has 2 N–H and O–H groups in total. The predicted molar refractivity (Wildman–Crippen MR) is 71.7 cm³/mol. The van der Waals surface area contributed by atoms with Crippen molar-refractivity contribution in [1.82, 2.24) is 0 Å². The Morgan fingerprint density at radius 1 is 0.867 bits per heavy atom. The smallest absolute Gasteiger partial charge is 0.00561 e. The van der Waals surface area contributed by atoms with Crippen LogP contribution in [-0.4, -0.2) is 0 Å². The first kappa shape index (κ1) is 13.8. The predicted octanol–water partition coefficient (Wildman–Crippen LogP) is 3.61. The molecule has 0 saturated heterocycles. The molecule has 2 rings (SSSR count). The van der Waals surface area contributed by atoms with Crippen LogP contribution in [0.4, 0.5) is 0 Å². The van der Waals surface area contributed by atoms with Gasteiger partial charge >= 0.3 is 0 Å². The van der Waals surface area contributed by atoms with Crippen molar-refractivity contribution in [3.05, 3.63) is 54.2 Å². The maximum Gasteiger partial charge on any atom is -0.00561 e. The van der Waals surface area contributed by atoms with E-state index in [1.54, 1.807) is 6.20 Å². The zero-order valence-electron chi connectivity index (χ0n) is 8.09. The van der Waals surface area contributed by atoms with E-state index >= 15 is 0 Å². The number of benzene rings is 2. The lowest BCUT2D eigenvalue weighted by Gasteiger charge is -2.00. The highest BCUT2D eigenvalue weighted by atomic mass is 35.5. The van der Waals surface area contributed by atoms with E-state index in [9.17, 15) is 0 Å². The molecule has 0 heterocycles. The van der Waals surface area contributed by atoms with Crippen LogP contribution in [0.1, 0.15) is 5.56 Å². The molecule has 0 atom stereocenters. The molecule has 0 unspecified atom stereocenters. The average Bonchev–Trinajstić information content (AvgIpc) is 2.19. The van der Waals surface area contributed by atoms with E-state index in [4.69, 9.17) is 5.73 Å². The maximum atomic E-state index is 5.37. The molecule has 2 aromatic carbocycles. The summed E-state index contributed by atoms with van der Waals surface area (Å²) in [6, 6.07) is 14.5. The second kappa shape index (κ2) is 6.33. The Morgan fingerprint density at radius 3 is 2.27 bits per heavy atom. The van der Waals surface area contributed by atoms with Crippen molar-refractivity contribution in [2.75, 3.05) is 0 Å². The van der Waals surface area contributed by atoms with Gasteiger partial charge in [-0.1, -0.05) is 42.5 Å².